The van der Waals surface area contributed by atoms with E-state index in [1.165, 1.54) is 57.9 Å². The second-order valence-corrected chi connectivity index (χ2v) is 8.10. The molecule has 0 bridgehead atoms. The highest BCUT2D eigenvalue weighted by Gasteiger charge is 2.22. The number of hydrogen-bond donors (Lipinski definition) is 0. The van der Waals surface area contributed by atoms with Crippen LogP contribution in [0.15, 0.2) is 66.3 Å². The van der Waals surface area contributed by atoms with Crippen molar-refractivity contribution in [3.05, 3.63) is 94.1 Å². The minimum absolute atomic E-state index is 0.929. The molecule has 0 fully saturated rings. The molecule has 3 aromatic carbocycles. The summed E-state index contributed by atoms with van der Waals surface area (Å²) in [5, 5.41) is 2.84. The molecule has 0 atom stereocenters. The van der Waals surface area contributed by atoms with Gasteiger partial charge in [0.15, 0.2) is 0 Å². The first kappa shape index (κ1) is 17.3. The van der Waals surface area contributed by atoms with Crippen molar-refractivity contribution in [2.24, 2.45) is 0 Å². The lowest BCUT2D eigenvalue weighted by Gasteiger charge is -2.26. The van der Waals surface area contributed by atoms with E-state index in [1.54, 1.807) is 18.2 Å². The summed E-state index contributed by atoms with van der Waals surface area (Å²) >= 11 is 0. The molecule has 2 aliphatic carbocycles. The molecule has 3 aromatic rings. The third kappa shape index (κ3) is 2.96. The molecule has 0 aliphatic heterocycles. The van der Waals surface area contributed by atoms with E-state index in [0.29, 0.717) is 0 Å². The third-order valence-corrected chi connectivity index (χ3v) is 6.23. The maximum Gasteiger partial charge on any atom is 0.119 e. The van der Waals surface area contributed by atoms with E-state index in [1.807, 2.05) is 6.07 Å². The summed E-state index contributed by atoms with van der Waals surface area (Å²) in [5.41, 5.74) is 10.2. The molecule has 0 radical (unpaired) electrons. The number of hydrogen-bond acceptors (Lipinski definition) is 1. The van der Waals surface area contributed by atoms with Crippen LogP contribution in [-0.2, 0) is 12.8 Å². The Morgan fingerprint density at radius 3 is 2.79 bits per heavy atom. The Kier molecular flexibility index (Phi) is 4.31. The predicted octanol–water partition coefficient (Wildman–Crippen LogP) is 6.80. The molecular weight excluding hydrogens is 340 g/mol. The summed E-state index contributed by atoms with van der Waals surface area (Å²) in [4.78, 5) is 0. The molecule has 0 spiro atoms. The van der Waals surface area contributed by atoms with Crippen LogP contribution in [0.3, 0.4) is 0 Å². The van der Waals surface area contributed by atoms with Crippen molar-refractivity contribution in [1.29, 1.82) is 0 Å². The summed E-state index contributed by atoms with van der Waals surface area (Å²) in [6.07, 6.45) is 10.4. The van der Waals surface area contributed by atoms with Gasteiger partial charge >= 0.3 is 0 Å². The summed E-state index contributed by atoms with van der Waals surface area (Å²) in [6.45, 7) is 2.21. The number of fused-ring (bicyclic) bond motifs is 4. The molecule has 0 amide bonds. The van der Waals surface area contributed by atoms with Gasteiger partial charge in [-0.3, -0.25) is 0 Å². The van der Waals surface area contributed by atoms with Crippen LogP contribution in [0.2, 0.25) is 0 Å². The summed E-state index contributed by atoms with van der Waals surface area (Å²) in [6, 6.07) is 17.9. The van der Waals surface area contributed by atoms with Gasteiger partial charge < -0.3 is 4.74 Å². The van der Waals surface area contributed by atoms with Crippen molar-refractivity contribution in [2.75, 3.05) is 7.11 Å². The highest BCUT2D eigenvalue weighted by Crippen LogP contribution is 2.41. The first-order chi connectivity index (χ1) is 13.7. The molecule has 0 aromatic heterocycles. The quantitative estimate of drug-likeness (QED) is 0.495. The molecular formula is C27H26O. The lowest BCUT2D eigenvalue weighted by molar-refractivity contribution is 0.414. The fourth-order valence-corrected chi connectivity index (χ4v) is 4.98. The zero-order chi connectivity index (χ0) is 19.1. The van der Waals surface area contributed by atoms with Crippen LogP contribution in [0.4, 0.5) is 0 Å². The fourth-order valence-electron chi connectivity index (χ4n) is 4.98. The zero-order valence-corrected chi connectivity index (χ0v) is 16.7. The predicted molar refractivity (Wildman–Crippen MR) is 118 cm³/mol. The smallest absolute Gasteiger partial charge is 0.119 e. The van der Waals surface area contributed by atoms with Crippen molar-refractivity contribution in [2.45, 2.75) is 39.0 Å². The molecule has 1 nitrogen and oxygen atoms in total. The minimum atomic E-state index is 0.929. The third-order valence-electron chi connectivity index (χ3n) is 6.23. The molecule has 0 heterocycles. The molecule has 0 N–H and O–H groups in total. The Morgan fingerprint density at radius 1 is 0.964 bits per heavy atom. The largest absolute Gasteiger partial charge is 0.497 e. The number of rotatable bonds is 3. The van der Waals surface area contributed by atoms with Gasteiger partial charge in [-0.25, -0.2) is 0 Å². The fraction of sp³-hybridized carbons (Fsp3) is 0.259. The molecule has 2 aliphatic rings. The van der Waals surface area contributed by atoms with Crippen LogP contribution >= 0.6 is 0 Å². The van der Waals surface area contributed by atoms with Crippen molar-refractivity contribution in [3.8, 4) is 5.75 Å². The van der Waals surface area contributed by atoms with Crippen LogP contribution in [0.5, 0.6) is 5.75 Å². The average molecular weight is 367 g/mol. The Labute approximate surface area is 167 Å². The monoisotopic (exact) mass is 366 g/mol. The van der Waals surface area contributed by atoms with Crippen molar-refractivity contribution >= 4 is 16.3 Å². The number of aryl methyl sites for hydroxylation is 2. The molecule has 1 heteroatoms. The molecule has 28 heavy (non-hydrogen) atoms. The average Bonchev–Trinajstić information content (AvgIpc) is 2.73. The summed E-state index contributed by atoms with van der Waals surface area (Å²) < 4.78 is 5.44. The molecule has 5 rings (SSSR count). The summed E-state index contributed by atoms with van der Waals surface area (Å²) in [5.74, 6) is 0.929. The van der Waals surface area contributed by atoms with E-state index in [4.69, 9.17) is 4.74 Å². The van der Waals surface area contributed by atoms with Gasteiger partial charge in [-0.05, 0) is 89.8 Å². The molecule has 140 valence electrons. The van der Waals surface area contributed by atoms with E-state index in [9.17, 15) is 0 Å². The number of benzene rings is 3. The Balaban J connectivity index is 1.69. The first-order valence-electron chi connectivity index (χ1n) is 10.3. The van der Waals surface area contributed by atoms with Crippen LogP contribution in [0.25, 0.3) is 16.3 Å². The Morgan fingerprint density at radius 2 is 1.89 bits per heavy atom. The maximum absolute atomic E-state index is 5.44. The number of allylic oxidation sites excluding steroid dienone is 4. The second-order valence-electron chi connectivity index (χ2n) is 8.10. The summed E-state index contributed by atoms with van der Waals surface area (Å²) in [7, 11) is 1.74. The minimum Gasteiger partial charge on any atom is -0.497 e. The lowest BCUT2D eigenvalue weighted by Crippen LogP contribution is -2.08. The van der Waals surface area contributed by atoms with E-state index in [0.717, 1.165) is 18.6 Å². The first-order valence-corrected chi connectivity index (χ1v) is 10.3. The topological polar surface area (TPSA) is 9.23 Å². The highest BCUT2D eigenvalue weighted by atomic mass is 16.5. The lowest BCUT2D eigenvalue weighted by atomic mass is 9.78. The van der Waals surface area contributed by atoms with Crippen LogP contribution < -0.4 is 4.74 Å². The van der Waals surface area contributed by atoms with Crippen LogP contribution in [0, 0.1) is 6.92 Å². The standard InChI is InChI=1S/C27H26O/c1-18-14-21-11-12-25-24-9-4-3-7-20(24)10-13-26(25)27(21)22(15-18)16-19-6-5-8-23(17-19)28-2/h4-6,8-9,11-12,14-15,17H,3,7,10,13,16H2,1-2H3. The number of ether oxygens (including phenoxy) is 1. The van der Waals surface area contributed by atoms with Crippen LogP contribution in [0.1, 0.15) is 47.1 Å². The van der Waals surface area contributed by atoms with Gasteiger partial charge in [0.25, 0.3) is 0 Å². The van der Waals surface area contributed by atoms with Gasteiger partial charge in [0.05, 0.1) is 7.11 Å². The van der Waals surface area contributed by atoms with Gasteiger partial charge in [-0.15, -0.1) is 0 Å². The van der Waals surface area contributed by atoms with Gasteiger partial charge in [0.2, 0.25) is 0 Å². The van der Waals surface area contributed by atoms with Gasteiger partial charge in [0.1, 0.15) is 5.75 Å². The van der Waals surface area contributed by atoms with Crippen molar-refractivity contribution in [1.82, 2.24) is 0 Å². The molecule has 0 saturated heterocycles. The van der Waals surface area contributed by atoms with Gasteiger partial charge in [-0.1, -0.05) is 59.7 Å². The maximum atomic E-state index is 5.44. The van der Waals surface area contributed by atoms with E-state index in [2.05, 4.69) is 61.5 Å². The van der Waals surface area contributed by atoms with E-state index in [-0.39, 0.29) is 0 Å². The van der Waals surface area contributed by atoms with Gasteiger partial charge in [-0.2, -0.15) is 0 Å². The van der Waals surface area contributed by atoms with Crippen molar-refractivity contribution < 1.29 is 4.74 Å². The molecule has 0 saturated carbocycles. The van der Waals surface area contributed by atoms with E-state index >= 15 is 0 Å². The SMILES string of the molecule is COc1cccc(Cc2cc(C)cc3ccc4c(c23)CCC2=C4C=CCC2)c1. The Hall–Kier alpha value is -2.80. The normalized spacial score (nSPS) is 15.5. The van der Waals surface area contributed by atoms with Crippen LogP contribution in [-0.4, -0.2) is 7.11 Å². The Bertz CT molecular complexity index is 1130. The number of methoxy groups -OCH3 is 1. The highest BCUT2D eigenvalue weighted by molar-refractivity contribution is 5.96. The second kappa shape index (κ2) is 6.98. The molecule has 0 unspecified atom stereocenters. The van der Waals surface area contributed by atoms with Crippen molar-refractivity contribution in [3.63, 3.8) is 0 Å². The van der Waals surface area contributed by atoms with Gasteiger partial charge in [0, 0.05) is 0 Å². The zero-order valence-electron chi connectivity index (χ0n) is 16.7. The van der Waals surface area contributed by atoms with E-state index < -0.39 is 0 Å².